The van der Waals surface area contributed by atoms with Crippen molar-refractivity contribution in [1.29, 1.82) is 0 Å². The number of piperidine rings is 1. The van der Waals surface area contributed by atoms with Crippen LogP contribution >= 0.6 is 0 Å². The van der Waals surface area contributed by atoms with Gasteiger partial charge in [-0.05, 0) is 62.1 Å². The zero-order valence-corrected chi connectivity index (χ0v) is 23.0. The lowest BCUT2D eigenvalue weighted by Gasteiger charge is -2.39. The molecule has 0 spiro atoms. The summed E-state index contributed by atoms with van der Waals surface area (Å²) in [6.45, 7) is 3.26. The molecule has 1 N–H and O–H groups in total. The van der Waals surface area contributed by atoms with E-state index in [0.717, 1.165) is 23.3 Å². The maximum Gasteiger partial charge on any atom is 0.490 e. The van der Waals surface area contributed by atoms with Crippen LogP contribution in [-0.2, 0) is 25.6 Å². The fourth-order valence-corrected chi connectivity index (χ4v) is 6.13. The third-order valence-electron chi connectivity index (χ3n) is 6.89. The van der Waals surface area contributed by atoms with E-state index in [9.17, 15) is 39.6 Å². The van der Waals surface area contributed by atoms with Crippen LogP contribution in [0, 0.1) is 5.92 Å². The van der Waals surface area contributed by atoms with Gasteiger partial charge in [0, 0.05) is 36.6 Å². The first kappa shape index (κ1) is 32.5. The Morgan fingerprint density at radius 3 is 2.02 bits per heavy atom. The number of hydrogen-bond donors (Lipinski definition) is 1. The van der Waals surface area contributed by atoms with Crippen LogP contribution in [0.15, 0.2) is 72.1 Å². The Balaban J connectivity index is 0.000000616. The van der Waals surface area contributed by atoms with Crippen LogP contribution in [0.5, 0.6) is 0 Å². The van der Waals surface area contributed by atoms with Crippen molar-refractivity contribution in [1.82, 2.24) is 9.97 Å². The van der Waals surface area contributed by atoms with Crippen molar-refractivity contribution < 1.29 is 49.5 Å². The number of carbonyl (C=O) groups is 2. The van der Waals surface area contributed by atoms with E-state index in [0.29, 0.717) is 24.7 Å². The topological polar surface area (TPSA) is 118 Å². The summed E-state index contributed by atoms with van der Waals surface area (Å²) in [5, 5.41) is 7.12. The van der Waals surface area contributed by atoms with Crippen LogP contribution in [0.1, 0.15) is 32.3 Å². The Morgan fingerprint density at radius 2 is 1.52 bits per heavy atom. The Kier molecular flexibility index (Phi) is 9.35. The van der Waals surface area contributed by atoms with Gasteiger partial charge in [-0.3, -0.25) is 4.79 Å². The molecule has 0 bridgehead atoms. The third kappa shape index (κ3) is 7.24. The smallest absolute Gasteiger partial charge is 0.475 e. The highest BCUT2D eigenvalue weighted by Gasteiger charge is 2.46. The van der Waals surface area contributed by atoms with Gasteiger partial charge < -0.3 is 10.0 Å². The fourth-order valence-electron chi connectivity index (χ4n) is 4.34. The van der Waals surface area contributed by atoms with Gasteiger partial charge in [-0.25, -0.2) is 23.2 Å². The Bertz CT molecular complexity index is 1530. The van der Waals surface area contributed by atoms with E-state index in [4.69, 9.17) is 9.90 Å². The molecular weight excluding hydrogens is 592 g/mol. The average Bonchev–Trinajstić information content (AvgIpc) is 2.93. The number of benzene rings is 2. The lowest BCUT2D eigenvalue weighted by atomic mass is 9.85. The van der Waals surface area contributed by atoms with Gasteiger partial charge in [0.2, 0.25) is 5.91 Å². The largest absolute Gasteiger partial charge is 0.490 e. The van der Waals surface area contributed by atoms with Gasteiger partial charge in [-0.15, -0.1) is 0 Å². The van der Waals surface area contributed by atoms with Crippen LogP contribution in [0.2, 0.25) is 0 Å². The Hall–Kier alpha value is -4.01. The molecule has 15 heteroatoms. The number of alkyl halides is 6. The predicted octanol–water partition coefficient (Wildman–Crippen LogP) is 5.79. The monoisotopic (exact) mass is 617 g/mol. The molecule has 1 amide bonds. The lowest BCUT2D eigenvalue weighted by molar-refractivity contribution is -0.192. The Morgan fingerprint density at radius 1 is 0.952 bits per heavy atom. The van der Waals surface area contributed by atoms with Crippen molar-refractivity contribution in [2.75, 3.05) is 11.4 Å². The van der Waals surface area contributed by atoms with E-state index in [1.165, 1.54) is 26.2 Å². The molecule has 0 aliphatic carbocycles. The molecule has 2 heterocycles. The lowest BCUT2D eigenvalue weighted by Crippen LogP contribution is -2.48. The molecular formula is C27H25F6N3O5S. The summed E-state index contributed by atoms with van der Waals surface area (Å²) >= 11 is 0. The van der Waals surface area contributed by atoms with Gasteiger partial charge in [0.05, 0.1) is 15.2 Å². The molecule has 3 aromatic rings. The zero-order valence-electron chi connectivity index (χ0n) is 22.1. The second-order valence-electron chi connectivity index (χ2n) is 9.84. The van der Waals surface area contributed by atoms with Crippen molar-refractivity contribution >= 4 is 27.4 Å². The van der Waals surface area contributed by atoms with Gasteiger partial charge in [-0.2, -0.15) is 26.3 Å². The summed E-state index contributed by atoms with van der Waals surface area (Å²) in [5.41, 5.74) is 1.40. The Labute approximate surface area is 236 Å². The molecule has 0 unspecified atom stereocenters. The number of aliphatic carboxylic acids is 1. The summed E-state index contributed by atoms with van der Waals surface area (Å²) < 4.78 is 96.4. The standard InChI is InChI=1S/C25H24F3N3O3S.C2HF3O2/c1-24(2,35(33,34)22-5-3-4-20(12-22)25(26,27)28)19-10-11-31(23(32)13-19)21-8-6-17(7-9-21)18-14-29-16-30-15-18;3-2(4,5)1(6)7/h3-9,12,14-16,19H,10-11,13H2,1-2H3;(H,6,7)/t19-;/m1./s1. The number of carboxylic acids is 1. The van der Waals surface area contributed by atoms with Gasteiger partial charge >= 0.3 is 18.3 Å². The average molecular weight is 618 g/mol. The van der Waals surface area contributed by atoms with Crippen LogP contribution in [0.4, 0.5) is 32.0 Å². The molecule has 4 rings (SSSR count). The maximum atomic E-state index is 13.4. The molecule has 0 radical (unpaired) electrons. The first-order valence-corrected chi connectivity index (χ1v) is 13.7. The molecule has 1 atom stereocenters. The molecule has 1 saturated heterocycles. The summed E-state index contributed by atoms with van der Waals surface area (Å²) in [5.74, 6) is -3.54. The molecule has 1 fully saturated rings. The van der Waals surface area contributed by atoms with Crippen molar-refractivity contribution in [3.8, 4) is 11.1 Å². The van der Waals surface area contributed by atoms with Gasteiger partial charge in [0.1, 0.15) is 6.33 Å². The van der Waals surface area contributed by atoms with E-state index in [2.05, 4.69) is 9.97 Å². The molecule has 1 aromatic heterocycles. The summed E-state index contributed by atoms with van der Waals surface area (Å²) in [7, 11) is -4.15. The number of halogens is 6. The zero-order chi connectivity index (χ0) is 31.5. The quantitative estimate of drug-likeness (QED) is 0.360. The fraction of sp³-hybridized carbons (Fsp3) is 0.333. The summed E-state index contributed by atoms with van der Waals surface area (Å²) in [6, 6.07) is 11.1. The molecule has 8 nitrogen and oxygen atoms in total. The number of rotatable bonds is 5. The summed E-state index contributed by atoms with van der Waals surface area (Å²) in [6.07, 6.45) is -4.56. The second-order valence-corrected chi connectivity index (χ2v) is 12.4. The van der Waals surface area contributed by atoms with Gasteiger partial charge in [-0.1, -0.05) is 18.2 Å². The normalized spacial score (nSPS) is 16.4. The molecule has 226 valence electrons. The van der Waals surface area contributed by atoms with Crippen LogP contribution in [0.3, 0.4) is 0 Å². The number of sulfone groups is 1. The highest BCUT2D eigenvalue weighted by molar-refractivity contribution is 7.92. The van der Waals surface area contributed by atoms with Crippen molar-refractivity contribution in [3.63, 3.8) is 0 Å². The van der Waals surface area contributed by atoms with E-state index >= 15 is 0 Å². The number of hydrogen-bond acceptors (Lipinski definition) is 6. The first-order chi connectivity index (χ1) is 19.4. The van der Waals surface area contributed by atoms with Crippen LogP contribution in [0.25, 0.3) is 11.1 Å². The van der Waals surface area contributed by atoms with Crippen LogP contribution in [-0.4, -0.2) is 52.8 Å². The van der Waals surface area contributed by atoms with E-state index in [1.54, 1.807) is 17.3 Å². The van der Waals surface area contributed by atoms with E-state index in [1.807, 2.05) is 24.3 Å². The first-order valence-electron chi connectivity index (χ1n) is 12.2. The third-order valence-corrected chi connectivity index (χ3v) is 9.48. The SMILES string of the molecule is CC(C)([C@@H]1CCN(c2ccc(-c3cncnc3)cc2)C(=O)C1)S(=O)(=O)c1cccc(C(F)(F)F)c1.O=C(O)C(F)(F)F. The number of amides is 1. The second kappa shape index (κ2) is 12.1. The minimum Gasteiger partial charge on any atom is -0.475 e. The highest BCUT2D eigenvalue weighted by atomic mass is 32.2. The van der Waals surface area contributed by atoms with E-state index < -0.39 is 49.3 Å². The predicted molar refractivity (Wildman–Crippen MR) is 139 cm³/mol. The summed E-state index contributed by atoms with van der Waals surface area (Å²) in [4.78, 5) is 31.1. The van der Waals surface area contributed by atoms with E-state index in [-0.39, 0.29) is 12.3 Å². The van der Waals surface area contributed by atoms with Crippen molar-refractivity contribution in [2.45, 2.75) is 48.7 Å². The molecule has 1 aliphatic heterocycles. The highest BCUT2D eigenvalue weighted by Crippen LogP contribution is 2.40. The van der Waals surface area contributed by atoms with Crippen molar-refractivity contribution in [3.05, 3.63) is 72.8 Å². The maximum absolute atomic E-state index is 13.4. The van der Waals surface area contributed by atoms with Crippen LogP contribution < -0.4 is 4.90 Å². The van der Waals surface area contributed by atoms with Gasteiger partial charge in [0.25, 0.3) is 0 Å². The minimum atomic E-state index is -5.08. The van der Waals surface area contributed by atoms with Crippen molar-refractivity contribution in [2.24, 2.45) is 5.92 Å². The molecule has 2 aromatic carbocycles. The molecule has 0 saturated carbocycles. The minimum absolute atomic E-state index is 0.0283. The number of carbonyl (C=O) groups excluding carboxylic acids is 1. The molecule has 1 aliphatic rings. The number of nitrogens with zero attached hydrogens (tertiary/aromatic N) is 3. The molecule has 42 heavy (non-hydrogen) atoms. The number of aromatic nitrogens is 2. The number of carboxylic acid groups (broad SMARTS) is 1. The van der Waals surface area contributed by atoms with Gasteiger partial charge in [0.15, 0.2) is 9.84 Å². The number of anilines is 1.